The smallest absolute Gasteiger partial charge is 0.339 e. The van der Waals surface area contributed by atoms with Crippen LogP contribution in [0.3, 0.4) is 0 Å². The molecule has 0 aliphatic carbocycles. The summed E-state index contributed by atoms with van der Waals surface area (Å²) >= 11 is 3.35. The van der Waals surface area contributed by atoms with Gasteiger partial charge in [0.05, 0.1) is 22.1 Å². The highest BCUT2D eigenvalue weighted by atomic mass is 127. The van der Waals surface area contributed by atoms with E-state index in [-0.39, 0.29) is 34.6 Å². The fourth-order valence-corrected chi connectivity index (χ4v) is 5.42. The zero-order valence-corrected chi connectivity index (χ0v) is 22.9. The number of amides is 1. The number of carbonyl (C=O) groups excluding carboxylic acids is 1. The molecule has 1 amide bonds. The Labute approximate surface area is 230 Å². The number of non-ortho nitro benzene ring substituents is 1. The summed E-state index contributed by atoms with van der Waals surface area (Å²) in [6.07, 6.45) is 1.63. The van der Waals surface area contributed by atoms with Crippen LogP contribution in [0.15, 0.2) is 81.5 Å². The zero-order chi connectivity index (χ0) is 26.6. The molecule has 10 nitrogen and oxygen atoms in total. The summed E-state index contributed by atoms with van der Waals surface area (Å²) < 4.78 is 37.2. The third kappa shape index (κ3) is 6.47. The molecule has 0 atom stereocenters. The lowest BCUT2D eigenvalue weighted by Gasteiger charge is -2.12. The molecule has 3 aromatic rings. The maximum absolute atomic E-state index is 12.7. The van der Waals surface area contributed by atoms with Crippen molar-refractivity contribution in [2.75, 3.05) is 6.61 Å². The van der Waals surface area contributed by atoms with E-state index in [4.69, 9.17) is 8.92 Å². The predicted molar refractivity (Wildman–Crippen MR) is 148 cm³/mol. The average Bonchev–Trinajstić information content (AvgIpc) is 3.20. The van der Waals surface area contributed by atoms with Gasteiger partial charge in [-0.2, -0.15) is 8.42 Å². The monoisotopic (exact) mass is 651 g/mol. The molecule has 4 rings (SSSR count). The predicted octanol–water partition coefficient (Wildman–Crippen LogP) is 5.26. The molecule has 0 unspecified atom stereocenters. The Morgan fingerprint density at radius 3 is 2.51 bits per heavy atom. The van der Waals surface area contributed by atoms with Gasteiger partial charge in [-0.05, 0) is 89.3 Å². The summed E-state index contributed by atoms with van der Waals surface area (Å²) in [5, 5.41) is 14.0. The van der Waals surface area contributed by atoms with Crippen LogP contribution < -0.4 is 14.2 Å². The summed E-state index contributed by atoms with van der Waals surface area (Å²) in [7, 11) is -4.28. The zero-order valence-electron chi connectivity index (χ0n) is 19.1. The average molecular weight is 651 g/mol. The second-order valence-electron chi connectivity index (χ2n) is 7.36. The summed E-state index contributed by atoms with van der Waals surface area (Å²) in [5.41, 5.74) is 1.07. The van der Waals surface area contributed by atoms with Crippen LogP contribution in [0.2, 0.25) is 0 Å². The van der Waals surface area contributed by atoms with Gasteiger partial charge in [0.15, 0.2) is 16.7 Å². The number of nitrogens with zero attached hydrogens (tertiary/aromatic N) is 2. The minimum absolute atomic E-state index is 0.0632. The number of carbonyl (C=O) groups is 1. The number of aliphatic imine (C=N–C) groups is 1. The number of rotatable bonds is 8. The second-order valence-corrected chi connectivity index (χ2v) is 11.1. The maximum Gasteiger partial charge on any atom is 0.339 e. The second kappa shape index (κ2) is 11.3. The van der Waals surface area contributed by atoms with Crippen LogP contribution in [0.4, 0.5) is 11.4 Å². The Morgan fingerprint density at radius 2 is 1.84 bits per heavy atom. The van der Waals surface area contributed by atoms with E-state index in [1.54, 1.807) is 25.1 Å². The van der Waals surface area contributed by atoms with E-state index in [2.05, 4.69) is 32.9 Å². The quantitative estimate of drug-likeness (QED) is 0.115. The van der Waals surface area contributed by atoms with Crippen LogP contribution in [-0.2, 0) is 14.9 Å². The summed E-state index contributed by atoms with van der Waals surface area (Å²) in [5.74, 6) is -0.223. The normalized spacial score (nSPS) is 15.6. The van der Waals surface area contributed by atoms with Crippen molar-refractivity contribution in [2.24, 2.45) is 4.99 Å². The molecule has 0 saturated carbocycles. The lowest BCUT2D eigenvalue weighted by Crippen LogP contribution is -2.19. The van der Waals surface area contributed by atoms with Gasteiger partial charge in [0.1, 0.15) is 4.90 Å². The first-order chi connectivity index (χ1) is 17.7. The molecule has 1 aliphatic rings. The van der Waals surface area contributed by atoms with Gasteiger partial charge >= 0.3 is 10.1 Å². The van der Waals surface area contributed by atoms with E-state index in [1.165, 1.54) is 17.8 Å². The van der Waals surface area contributed by atoms with Gasteiger partial charge in [0, 0.05) is 15.7 Å². The summed E-state index contributed by atoms with van der Waals surface area (Å²) in [6, 6.07) is 16.4. The number of hydrogen-bond donors (Lipinski definition) is 1. The standard InChI is InChI=1S/C24H18IN3O7S2/c1-2-34-21-13-15(14-22-23(29)27-24(36-22)26-19-6-4-3-5-18(19)25)7-12-20(21)35-37(32,33)17-10-8-16(9-11-17)28(30)31/h3-14H,2H2,1H3,(H,26,27,29)/b22-14+. The first kappa shape index (κ1) is 26.6. The number of para-hydroxylation sites is 1. The molecule has 1 heterocycles. The van der Waals surface area contributed by atoms with Crippen molar-refractivity contribution in [1.82, 2.24) is 5.32 Å². The first-order valence-electron chi connectivity index (χ1n) is 10.7. The van der Waals surface area contributed by atoms with Crippen LogP contribution in [0.25, 0.3) is 6.08 Å². The first-order valence-corrected chi connectivity index (χ1v) is 14.0. The molecule has 0 spiro atoms. The fraction of sp³-hybridized carbons (Fsp3) is 0.0833. The Kier molecular flexibility index (Phi) is 8.14. The molecule has 37 heavy (non-hydrogen) atoms. The largest absolute Gasteiger partial charge is 0.490 e. The number of benzene rings is 3. The third-order valence-corrected chi connectivity index (χ3v) is 7.90. The highest BCUT2D eigenvalue weighted by Crippen LogP contribution is 2.34. The SMILES string of the molecule is CCOc1cc(/C=C2/SC(=Nc3ccccc3I)NC2=O)ccc1OS(=O)(=O)c1ccc([N+](=O)[O-])cc1. The highest BCUT2D eigenvalue weighted by Gasteiger charge is 2.25. The van der Waals surface area contributed by atoms with Gasteiger partial charge in [-0.1, -0.05) is 18.2 Å². The van der Waals surface area contributed by atoms with Crippen LogP contribution in [0.5, 0.6) is 11.5 Å². The van der Waals surface area contributed by atoms with E-state index in [0.717, 1.165) is 33.5 Å². The van der Waals surface area contributed by atoms with Crippen molar-refractivity contribution >= 4 is 73.0 Å². The van der Waals surface area contributed by atoms with Crippen molar-refractivity contribution in [1.29, 1.82) is 0 Å². The fourth-order valence-electron chi connectivity index (χ4n) is 3.14. The minimum Gasteiger partial charge on any atom is -0.490 e. The highest BCUT2D eigenvalue weighted by molar-refractivity contribution is 14.1. The molecular formula is C24H18IN3O7S2. The number of amidine groups is 1. The van der Waals surface area contributed by atoms with Crippen LogP contribution in [0.1, 0.15) is 12.5 Å². The van der Waals surface area contributed by atoms with Gasteiger partial charge in [-0.3, -0.25) is 14.9 Å². The summed E-state index contributed by atoms with van der Waals surface area (Å²) in [4.78, 5) is 27.3. The molecule has 0 radical (unpaired) electrons. The Hall–Kier alpha value is -3.43. The Bertz CT molecular complexity index is 1540. The molecule has 1 fully saturated rings. The molecular weight excluding hydrogens is 633 g/mol. The van der Waals surface area contributed by atoms with Crippen LogP contribution in [-0.4, -0.2) is 31.0 Å². The molecule has 13 heteroatoms. The van der Waals surface area contributed by atoms with Crippen molar-refractivity contribution in [3.63, 3.8) is 0 Å². The molecule has 1 saturated heterocycles. The number of nitro groups is 1. The lowest BCUT2D eigenvalue weighted by molar-refractivity contribution is -0.384. The number of ether oxygens (including phenoxy) is 1. The van der Waals surface area contributed by atoms with Crippen LogP contribution >= 0.6 is 34.4 Å². The molecule has 190 valence electrons. The van der Waals surface area contributed by atoms with Crippen molar-refractivity contribution in [3.05, 3.63) is 90.9 Å². The van der Waals surface area contributed by atoms with Gasteiger partial charge in [-0.15, -0.1) is 0 Å². The van der Waals surface area contributed by atoms with E-state index in [1.807, 2.05) is 24.3 Å². The van der Waals surface area contributed by atoms with Crippen molar-refractivity contribution in [3.8, 4) is 11.5 Å². The Morgan fingerprint density at radius 1 is 1.11 bits per heavy atom. The molecule has 1 N–H and O–H groups in total. The van der Waals surface area contributed by atoms with Crippen molar-refractivity contribution in [2.45, 2.75) is 11.8 Å². The number of thioether (sulfide) groups is 1. The number of nitrogens with one attached hydrogen (secondary N) is 1. The molecule has 0 aromatic heterocycles. The number of halogens is 1. The van der Waals surface area contributed by atoms with E-state index < -0.39 is 15.0 Å². The number of nitro benzene ring substituents is 1. The van der Waals surface area contributed by atoms with Gasteiger partial charge in [0.25, 0.3) is 11.6 Å². The third-order valence-electron chi connectivity index (χ3n) is 4.83. The topological polar surface area (TPSA) is 137 Å². The van der Waals surface area contributed by atoms with E-state index >= 15 is 0 Å². The van der Waals surface area contributed by atoms with Crippen LogP contribution in [0, 0.1) is 13.7 Å². The molecule has 0 bridgehead atoms. The van der Waals surface area contributed by atoms with Crippen molar-refractivity contribution < 1.29 is 27.1 Å². The van der Waals surface area contributed by atoms with Gasteiger partial charge in [-0.25, -0.2) is 4.99 Å². The maximum atomic E-state index is 12.7. The van der Waals surface area contributed by atoms with E-state index in [9.17, 15) is 23.3 Å². The lowest BCUT2D eigenvalue weighted by atomic mass is 10.2. The van der Waals surface area contributed by atoms with Gasteiger partial charge < -0.3 is 14.2 Å². The molecule has 1 aliphatic heterocycles. The van der Waals surface area contributed by atoms with E-state index in [0.29, 0.717) is 15.6 Å². The minimum atomic E-state index is -4.28. The number of hydrogen-bond acceptors (Lipinski definition) is 9. The molecule has 3 aromatic carbocycles. The summed E-state index contributed by atoms with van der Waals surface area (Å²) in [6.45, 7) is 1.96. The Balaban J connectivity index is 1.57. The van der Waals surface area contributed by atoms with Gasteiger partial charge in [0.2, 0.25) is 0 Å².